The summed E-state index contributed by atoms with van der Waals surface area (Å²) in [5.41, 5.74) is 3.36. The molecule has 1 aromatic carbocycles. The monoisotopic (exact) mass is 642 g/mol. The van der Waals surface area contributed by atoms with Gasteiger partial charge in [0, 0.05) is 73.3 Å². The van der Waals surface area contributed by atoms with Crippen LogP contribution in [0.4, 0.5) is 5.82 Å². The van der Waals surface area contributed by atoms with E-state index in [2.05, 4.69) is 9.88 Å². The molecule has 13 heteroatoms. The van der Waals surface area contributed by atoms with Crippen LogP contribution in [-0.2, 0) is 14.8 Å². The average Bonchev–Trinajstić information content (AvgIpc) is 3.30. The minimum Gasteiger partial charge on any atom is -0.486 e. The molecular formula is C30H32Cl2N6O4S. The number of sulfonamides is 1. The number of ether oxygens (including phenoxy) is 2. The van der Waals surface area contributed by atoms with Gasteiger partial charge in [-0.15, -0.1) is 0 Å². The predicted molar refractivity (Wildman–Crippen MR) is 166 cm³/mol. The van der Waals surface area contributed by atoms with Crippen LogP contribution in [0.2, 0.25) is 10.0 Å². The summed E-state index contributed by atoms with van der Waals surface area (Å²) < 4.78 is 39.5. The zero-order chi connectivity index (χ0) is 29.9. The first-order valence-corrected chi connectivity index (χ1v) is 17.0. The van der Waals surface area contributed by atoms with Crippen molar-refractivity contribution in [1.29, 1.82) is 0 Å². The number of nitrogens with zero attached hydrogens (tertiary/aromatic N) is 6. The van der Waals surface area contributed by atoms with Crippen molar-refractivity contribution in [2.45, 2.75) is 38.5 Å². The van der Waals surface area contributed by atoms with Crippen molar-refractivity contribution in [2.75, 3.05) is 43.9 Å². The molecule has 0 radical (unpaired) electrons. The van der Waals surface area contributed by atoms with E-state index in [1.807, 2.05) is 48.1 Å². The maximum atomic E-state index is 11.8. The molecule has 4 aromatic rings. The Hall–Kier alpha value is -2.96. The molecule has 3 aromatic heterocycles. The fourth-order valence-corrected chi connectivity index (χ4v) is 8.08. The highest BCUT2D eigenvalue weighted by Crippen LogP contribution is 2.43. The lowest BCUT2D eigenvalue weighted by Gasteiger charge is -2.59. The van der Waals surface area contributed by atoms with Crippen LogP contribution >= 0.6 is 23.2 Å². The molecule has 3 fully saturated rings. The van der Waals surface area contributed by atoms with E-state index in [0.29, 0.717) is 41.1 Å². The molecule has 1 unspecified atom stereocenters. The van der Waals surface area contributed by atoms with Gasteiger partial charge < -0.3 is 14.4 Å². The highest BCUT2D eigenvalue weighted by Gasteiger charge is 2.54. The Balaban J connectivity index is 1.16. The van der Waals surface area contributed by atoms with Crippen molar-refractivity contribution in [3.05, 3.63) is 64.5 Å². The fourth-order valence-electron chi connectivity index (χ4n) is 6.39. The van der Waals surface area contributed by atoms with Crippen molar-refractivity contribution in [3.63, 3.8) is 0 Å². The van der Waals surface area contributed by atoms with Gasteiger partial charge in [0.1, 0.15) is 23.4 Å². The summed E-state index contributed by atoms with van der Waals surface area (Å²) in [4.78, 5) is 11.0. The Labute approximate surface area is 260 Å². The Morgan fingerprint density at radius 2 is 1.81 bits per heavy atom. The van der Waals surface area contributed by atoms with Crippen LogP contribution in [-0.4, -0.2) is 71.5 Å². The van der Waals surface area contributed by atoms with Crippen LogP contribution in [0.1, 0.15) is 44.1 Å². The standard InChI is InChI=1S/C30H32Cl2N6O4S/c1-19(28-23(31)13-33-14-24(28)32)42-21-7-8-25-22(11-21)29(35-38(25)27-5-3-4-10-41-27)20-6-9-26(34-12-20)36-15-30(16-36)17-37(18-30)43(2,39)40/h6-9,11-14,19,27H,3-5,10,15-18H2,1-2H3/t19-,27?/m1/s1. The zero-order valence-electron chi connectivity index (χ0n) is 23.9. The molecule has 0 N–H and O–H groups in total. The lowest BCUT2D eigenvalue weighted by atomic mass is 9.74. The number of hydrogen-bond donors (Lipinski definition) is 0. The van der Waals surface area contributed by atoms with Crippen LogP contribution in [0.5, 0.6) is 5.75 Å². The Morgan fingerprint density at radius 3 is 2.47 bits per heavy atom. The van der Waals surface area contributed by atoms with E-state index in [-0.39, 0.29) is 11.6 Å². The summed E-state index contributed by atoms with van der Waals surface area (Å²) in [6.45, 7) is 5.37. The lowest BCUT2D eigenvalue weighted by Crippen LogP contribution is -2.73. The third-order valence-electron chi connectivity index (χ3n) is 8.61. The summed E-state index contributed by atoms with van der Waals surface area (Å²) >= 11 is 12.8. The summed E-state index contributed by atoms with van der Waals surface area (Å²) in [7, 11) is -3.13. The molecule has 2 atom stereocenters. The molecule has 43 heavy (non-hydrogen) atoms. The molecule has 3 saturated heterocycles. The Bertz CT molecular complexity index is 1760. The van der Waals surface area contributed by atoms with Crippen molar-refractivity contribution < 1.29 is 17.9 Å². The number of rotatable bonds is 7. The second-order valence-electron chi connectivity index (χ2n) is 11.9. The van der Waals surface area contributed by atoms with Crippen LogP contribution in [0, 0.1) is 5.41 Å². The third kappa shape index (κ3) is 5.35. The van der Waals surface area contributed by atoms with Gasteiger partial charge in [-0.25, -0.2) is 22.4 Å². The molecule has 7 rings (SSSR count). The van der Waals surface area contributed by atoms with Gasteiger partial charge in [0.15, 0.2) is 6.23 Å². The minimum absolute atomic E-state index is 0.0384. The SMILES string of the molecule is C[C@@H](Oc1ccc2c(c1)c(-c1ccc(N3CC4(C3)CN(S(C)(=O)=O)C4)nc1)nn2C1CCCCO1)c1c(Cl)cncc1Cl. The topological polar surface area (TPSA) is 103 Å². The summed E-state index contributed by atoms with van der Waals surface area (Å²) in [6.07, 6.45) is 8.74. The molecule has 226 valence electrons. The highest BCUT2D eigenvalue weighted by molar-refractivity contribution is 7.88. The second-order valence-corrected chi connectivity index (χ2v) is 14.7. The summed E-state index contributed by atoms with van der Waals surface area (Å²) in [6, 6.07) is 9.98. The van der Waals surface area contributed by atoms with Crippen LogP contribution < -0.4 is 9.64 Å². The molecule has 3 aliphatic heterocycles. The number of halogens is 2. The number of pyridine rings is 2. The second kappa shape index (κ2) is 10.9. The normalized spacial score (nSPS) is 21.0. The van der Waals surface area contributed by atoms with Gasteiger partial charge in [-0.05, 0) is 56.5 Å². The first kappa shape index (κ1) is 28.8. The van der Waals surface area contributed by atoms with Crippen LogP contribution in [0.15, 0.2) is 48.9 Å². The number of fused-ring (bicyclic) bond motifs is 1. The van der Waals surface area contributed by atoms with E-state index in [1.165, 1.54) is 10.6 Å². The molecule has 0 saturated carbocycles. The number of aromatic nitrogens is 4. The van der Waals surface area contributed by atoms with Crippen molar-refractivity contribution in [2.24, 2.45) is 5.41 Å². The smallest absolute Gasteiger partial charge is 0.211 e. The van der Waals surface area contributed by atoms with Crippen LogP contribution in [0.3, 0.4) is 0 Å². The van der Waals surface area contributed by atoms with E-state index in [9.17, 15) is 8.42 Å². The maximum absolute atomic E-state index is 11.8. The molecule has 1 spiro atoms. The number of benzene rings is 1. The molecule has 0 bridgehead atoms. The Kier molecular flexibility index (Phi) is 7.29. The van der Waals surface area contributed by atoms with E-state index in [4.69, 9.17) is 42.8 Å². The van der Waals surface area contributed by atoms with Crippen molar-refractivity contribution in [1.82, 2.24) is 24.1 Å². The van der Waals surface area contributed by atoms with E-state index in [1.54, 1.807) is 12.4 Å². The van der Waals surface area contributed by atoms with Gasteiger partial charge in [0.05, 0.1) is 21.8 Å². The first-order valence-electron chi connectivity index (χ1n) is 14.4. The quantitative estimate of drug-likeness (QED) is 0.252. The van der Waals surface area contributed by atoms with Crippen molar-refractivity contribution >= 4 is 49.9 Å². The van der Waals surface area contributed by atoms with Gasteiger partial charge >= 0.3 is 0 Å². The number of hydrogen-bond acceptors (Lipinski definition) is 8. The highest BCUT2D eigenvalue weighted by atomic mass is 35.5. The van der Waals surface area contributed by atoms with Gasteiger partial charge in [-0.3, -0.25) is 4.98 Å². The zero-order valence-corrected chi connectivity index (χ0v) is 26.2. The largest absolute Gasteiger partial charge is 0.486 e. The Morgan fingerprint density at radius 1 is 1.05 bits per heavy atom. The molecule has 0 aliphatic carbocycles. The van der Waals surface area contributed by atoms with E-state index in [0.717, 1.165) is 60.3 Å². The van der Waals surface area contributed by atoms with Gasteiger partial charge in [0.2, 0.25) is 10.0 Å². The third-order valence-corrected chi connectivity index (χ3v) is 10.4. The minimum atomic E-state index is -3.13. The lowest BCUT2D eigenvalue weighted by molar-refractivity contribution is -0.0365. The molecule has 10 nitrogen and oxygen atoms in total. The molecule has 3 aliphatic rings. The maximum Gasteiger partial charge on any atom is 0.211 e. The van der Waals surface area contributed by atoms with Crippen molar-refractivity contribution in [3.8, 4) is 17.0 Å². The molecule has 0 amide bonds. The fraction of sp³-hybridized carbons (Fsp3) is 0.433. The first-order chi connectivity index (χ1) is 20.6. The van der Waals surface area contributed by atoms with E-state index < -0.39 is 16.1 Å². The predicted octanol–water partition coefficient (Wildman–Crippen LogP) is 5.72. The molecular weight excluding hydrogens is 611 g/mol. The van der Waals surface area contributed by atoms with E-state index >= 15 is 0 Å². The molecule has 6 heterocycles. The van der Waals surface area contributed by atoms with Gasteiger partial charge in [-0.1, -0.05) is 23.2 Å². The van der Waals surface area contributed by atoms with Crippen LogP contribution in [0.25, 0.3) is 22.2 Å². The summed E-state index contributed by atoms with van der Waals surface area (Å²) in [5, 5.41) is 6.88. The number of anilines is 1. The van der Waals surface area contributed by atoms with Gasteiger partial charge in [0.25, 0.3) is 0 Å². The average molecular weight is 644 g/mol. The van der Waals surface area contributed by atoms with Gasteiger partial charge in [-0.2, -0.15) is 5.10 Å². The summed E-state index contributed by atoms with van der Waals surface area (Å²) in [5.74, 6) is 1.53.